The van der Waals surface area contributed by atoms with E-state index in [1.807, 2.05) is 0 Å². The maximum Gasteiger partial charge on any atom is 0.122 e. The molecule has 1 unspecified atom stereocenters. The number of rotatable bonds is 5. The second-order valence-electron chi connectivity index (χ2n) is 5.59. The Hall–Kier alpha value is -1.84. The lowest BCUT2D eigenvalue weighted by molar-refractivity contribution is 0.410. The first-order chi connectivity index (χ1) is 10.0. The molecule has 3 heteroatoms. The minimum atomic E-state index is 0.0947. The van der Waals surface area contributed by atoms with Gasteiger partial charge in [0.25, 0.3) is 0 Å². The van der Waals surface area contributed by atoms with Crippen LogP contribution in [0.25, 0.3) is 0 Å². The Morgan fingerprint density at radius 2 is 1.71 bits per heavy atom. The molecule has 0 bridgehead atoms. The van der Waals surface area contributed by atoms with Crippen LogP contribution in [0, 0.1) is 20.8 Å². The highest BCUT2D eigenvalue weighted by Gasteiger charge is 2.15. The summed E-state index contributed by atoms with van der Waals surface area (Å²) in [6, 6.07) is 12.9. The van der Waals surface area contributed by atoms with E-state index in [1.165, 1.54) is 22.3 Å². The van der Waals surface area contributed by atoms with E-state index in [2.05, 4.69) is 62.6 Å². The molecule has 0 aliphatic rings. The van der Waals surface area contributed by atoms with Crippen molar-refractivity contribution in [2.75, 3.05) is 7.11 Å². The smallest absolute Gasteiger partial charge is 0.122 e. The maximum absolute atomic E-state index is 5.79. The highest BCUT2D eigenvalue weighted by atomic mass is 16.5. The molecule has 0 heterocycles. The predicted octanol–water partition coefficient (Wildman–Crippen LogP) is 3.37. The fraction of sp³-hybridized carbons (Fsp3) is 0.333. The Morgan fingerprint density at radius 3 is 2.29 bits per heavy atom. The van der Waals surface area contributed by atoms with Gasteiger partial charge in [-0.25, -0.2) is 0 Å². The summed E-state index contributed by atoms with van der Waals surface area (Å²) in [6.45, 7) is 6.25. The summed E-state index contributed by atoms with van der Waals surface area (Å²) in [6.07, 6.45) is 0.864. The molecule has 0 saturated carbocycles. The molecule has 0 aliphatic carbocycles. The molecule has 0 amide bonds. The molecule has 2 aromatic carbocycles. The van der Waals surface area contributed by atoms with Crippen molar-refractivity contribution in [3.63, 3.8) is 0 Å². The number of benzene rings is 2. The molecule has 0 aliphatic heterocycles. The lowest BCUT2D eigenvalue weighted by atomic mass is 9.93. The summed E-state index contributed by atoms with van der Waals surface area (Å²) in [5.41, 5.74) is 9.02. The Bertz CT molecular complexity index is 605. The molecule has 21 heavy (non-hydrogen) atoms. The number of hydrogen-bond donors (Lipinski definition) is 2. The standard InChI is InChI=1S/C18H24N2O/c1-12-5-7-15(8-6-12)11-17(20-19)16-9-14(3)18(21-4)10-13(16)2/h5-10,17,20H,11,19H2,1-4H3. The summed E-state index contributed by atoms with van der Waals surface area (Å²) in [5.74, 6) is 6.71. The molecule has 0 radical (unpaired) electrons. The average Bonchev–Trinajstić information content (AvgIpc) is 2.49. The lowest BCUT2D eigenvalue weighted by Gasteiger charge is -2.20. The molecule has 3 nitrogen and oxygen atoms in total. The third-order valence-electron chi connectivity index (χ3n) is 3.92. The van der Waals surface area contributed by atoms with Crippen LogP contribution in [0.2, 0.25) is 0 Å². The fourth-order valence-electron chi connectivity index (χ4n) is 2.63. The van der Waals surface area contributed by atoms with Crippen LogP contribution in [0.5, 0.6) is 5.75 Å². The van der Waals surface area contributed by atoms with Gasteiger partial charge in [-0.15, -0.1) is 0 Å². The first-order valence-electron chi connectivity index (χ1n) is 7.22. The van der Waals surface area contributed by atoms with Gasteiger partial charge in [-0.05, 0) is 55.5 Å². The van der Waals surface area contributed by atoms with Gasteiger partial charge in [0.1, 0.15) is 5.75 Å². The van der Waals surface area contributed by atoms with E-state index >= 15 is 0 Å². The van der Waals surface area contributed by atoms with Crippen molar-refractivity contribution < 1.29 is 4.74 Å². The molecule has 2 rings (SSSR count). The zero-order valence-electron chi connectivity index (χ0n) is 13.2. The van der Waals surface area contributed by atoms with E-state index in [0.717, 1.165) is 17.7 Å². The van der Waals surface area contributed by atoms with Crippen molar-refractivity contribution in [2.45, 2.75) is 33.2 Å². The van der Waals surface area contributed by atoms with E-state index < -0.39 is 0 Å². The zero-order valence-corrected chi connectivity index (χ0v) is 13.2. The van der Waals surface area contributed by atoms with Gasteiger partial charge in [0.05, 0.1) is 13.2 Å². The second kappa shape index (κ2) is 6.74. The van der Waals surface area contributed by atoms with Gasteiger partial charge in [-0.2, -0.15) is 0 Å². The molecular formula is C18H24N2O. The predicted molar refractivity (Wildman–Crippen MR) is 87.4 cm³/mol. The Balaban J connectivity index is 2.29. The molecule has 0 saturated heterocycles. The van der Waals surface area contributed by atoms with Gasteiger partial charge in [0.15, 0.2) is 0 Å². The van der Waals surface area contributed by atoms with Crippen molar-refractivity contribution in [3.05, 3.63) is 64.2 Å². The van der Waals surface area contributed by atoms with Gasteiger partial charge in [-0.3, -0.25) is 11.3 Å². The minimum absolute atomic E-state index is 0.0947. The third-order valence-corrected chi connectivity index (χ3v) is 3.92. The highest BCUT2D eigenvalue weighted by molar-refractivity contribution is 5.43. The summed E-state index contributed by atoms with van der Waals surface area (Å²) in [4.78, 5) is 0. The van der Waals surface area contributed by atoms with Crippen LogP contribution in [0.4, 0.5) is 0 Å². The number of ether oxygens (including phenoxy) is 1. The average molecular weight is 284 g/mol. The van der Waals surface area contributed by atoms with E-state index in [0.29, 0.717) is 0 Å². The monoisotopic (exact) mass is 284 g/mol. The van der Waals surface area contributed by atoms with Gasteiger partial charge < -0.3 is 4.74 Å². The Labute approximate surface area is 127 Å². The number of hydrogen-bond acceptors (Lipinski definition) is 3. The molecule has 0 aromatic heterocycles. The zero-order chi connectivity index (χ0) is 15.4. The SMILES string of the molecule is COc1cc(C)c(C(Cc2ccc(C)cc2)NN)cc1C. The van der Waals surface area contributed by atoms with E-state index in [9.17, 15) is 0 Å². The van der Waals surface area contributed by atoms with E-state index in [1.54, 1.807) is 7.11 Å². The largest absolute Gasteiger partial charge is 0.496 e. The van der Waals surface area contributed by atoms with Crippen LogP contribution in [0.1, 0.15) is 33.9 Å². The number of methoxy groups -OCH3 is 1. The molecule has 112 valence electrons. The lowest BCUT2D eigenvalue weighted by Crippen LogP contribution is -2.30. The molecule has 3 N–H and O–H groups in total. The first-order valence-corrected chi connectivity index (χ1v) is 7.22. The molecule has 2 aromatic rings. The Morgan fingerprint density at radius 1 is 1.05 bits per heavy atom. The summed E-state index contributed by atoms with van der Waals surface area (Å²) in [7, 11) is 1.70. The number of aryl methyl sites for hydroxylation is 3. The van der Waals surface area contributed by atoms with Crippen molar-refractivity contribution in [1.82, 2.24) is 5.43 Å². The van der Waals surface area contributed by atoms with Crippen molar-refractivity contribution >= 4 is 0 Å². The molecule has 1 atom stereocenters. The van der Waals surface area contributed by atoms with Gasteiger partial charge >= 0.3 is 0 Å². The first kappa shape index (κ1) is 15.5. The molecular weight excluding hydrogens is 260 g/mol. The van der Waals surface area contributed by atoms with Crippen LogP contribution >= 0.6 is 0 Å². The van der Waals surface area contributed by atoms with Crippen LogP contribution in [0.15, 0.2) is 36.4 Å². The highest BCUT2D eigenvalue weighted by Crippen LogP contribution is 2.28. The van der Waals surface area contributed by atoms with Crippen molar-refractivity contribution in [2.24, 2.45) is 5.84 Å². The Kier molecular flexibility index (Phi) is 4.99. The second-order valence-corrected chi connectivity index (χ2v) is 5.59. The van der Waals surface area contributed by atoms with E-state index in [4.69, 9.17) is 10.6 Å². The summed E-state index contributed by atoms with van der Waals surface area (Å²) in [5, 5.41) is 0. The topological polar surface area (TPSA) is 47.3 Å². The van der Waals surface area contributed by atoms with E-state index in [-0.39, 0.29) is 6.04 Å². The number of hydrazine groups is 1. The number of nitrogens with two attached hydrogens (primary N) is 1. The summed E-state index contributed by atoms with van der Waals surface area (Å²) < 4.78 is 5.37. The van der Waals surface area contributed by atoms with Crippen molar-refractivity contribution in [3.8, 4) is 5.75 Å². The van der Waals surface area contributed by atoms with Gasteiger partial charge in [0.2, 0.25) is 0 Å². The normalized spacial score (nSPS) is 12.2. The van der Waals surface area contributed by atoms with Crippen LogP contribution < -0.4 is 16.0 Å². The summed E-state index contributed by atoms with van der Waals surface area (Å²) >= 11 is 0. The fourth-order valence-corrected chi connectivity index (χ4v) is 2.63. The molecule has 0 fully saturated rings. The van der Waals surface area contributed by atoms with Crippen LogP contribution in [-0.4, -0.2) is 7.11 Å². The van der Waals surface area contributed by atoms with Crippen molar-refractivity contribution in [1.29, 1.82) is 0 Å². The quantitative estimate of drug-likeness (QED) is 0.653. The number of nitrogens with one attached hydrogen (secondary N) is 1. The maximum atomic E-state index is 5.79. The van der Waals surface area contributed by atoms with Gasteiger partial charge in [0, 0.05) is 0 Å². The van der Waals surface area contributed by atoms with Crippen LogP contribution in [-0.2, 0) is 6.42 Å². The third kappa shape index (κ3) is 3.63. The van der Waals surface area contributed by atoms with Gasteiger partial charge in [-0.1, -0.05) is 35.9 Å². The minimum Gasteiger partial charge on any atom is -0.496 e. The van der Waals surface area contributed by atoms with Crippen LogP contribution in [0.3, 0.4) is 0 Å². The molecule has 0 spiro atoms.